The summed E-state index contributed by atoms with van der Waals surface area (Å²) in [6, 6.07) is 8.55. The molecule has 7 nitrogen and oxygen atoms in total. The first-order chi connectivity index (χ1) is 13.7. The van der Waals surface area contributed by atoms with Crippen molar-refractivity contribution in [1.82, 2.24) is 14.9 Å². The average molecular weight is 378 g/mol. The summed E-state index contributed by atoms with van der Waals surface area (Å²) >= 11 is 0. The van der Waals surface area contributed by atoms with Gasteiger partial charge in [-0.3, -0.25) is 9.69 Å². The minimum Gasteiger partial charge on any atom is -0.354 e. The Bertz CT molecular complexity index is 872. The highest BCUT2D eigenvalue weighted by Crippen LogP contribution is 2.35. The molecular weight excluding hydrogens is 352 g/mol. The second-order valence-electron chi connectivity index (χ2n) is 8.01. The van der Waals surface area contributed by atoms with E-state index in [-0.39, 0.29) is 11.9 Å². The van der Waals surface area contributed by atoms with Crippen LogP contribution in [0.2, 0.25) is 0 Å². The van der Waals surface area contributed by atoms with Crippen molar-refractivity contribution >= 4 is 23.2 Å². The van der Waals surface area contributed by atoms with E-state index in [4.69, 9.17) is 4.98 Å². The van der Waals surface area contributed by atoms with Crippen molar-refractivity contribution in [3.05, 3.63) is 42.2 Å². The van der Waals surface area contributed by atoms with Gasteiger partial charge in [0, 0.05) is 51.2 Å². The van der Waals surface area contributed by atoms with Gasteiger partial charge in [-0.15, -0.1) is 0 Å². The number of nitrogens with one attached hydrogen (secondary N) is 1. The van der Waals surface area contributed by atoms with Crippen molar-refractivity contribution in [3.63, 3.8) is 0 Å². The molecule has 0 radical (unpaired) electrons. The van der Waals surface area contributed by atoms with Gasteiger partial charge in [-0.25, -0.2) is 9.97 Å². The number of hydrogen-bond donors (Lipinski definition) is 1. The molecule has 2 saturated heterocycles. The fourth-order valence-corrected chi connectivity index (χ4v) is 4.63. The van der Waals surface area contributed by atoms with Gasteiger partial charge in [0.1, 0.15) is 11.9 Å². The number of piperazine rings is 1. The molecule has 0 saturated carbocycles. The van der Waals surface area contributed by atoms with Gasteiger partial charge >= 0.3 is 0 Å². The number of carbonyl (C=O) groups is 1. The van der Waals surface area contributed by atoms with E-state index in [2.05, 4.69) is 44.1 Å². The van der Waals surface area contributed by atoms with E-state index in [1.165, 1.54) is 0 Å². The van der Waals surface area contributed by atoms with Crippen LogP contribution in [0.1, 0.15) is 25.3 Å². The number of fused-ring (bicyclic) bond motifs is 3. The van der Waals surface area contributed by atoms with Crippen LogP contribution in [0.15, 0.2) is 36.7 Å². The summed E-state index contributed by atoms with van der Waals surface area (Å²) in [6.07, 6.45) is 5.81. The number of pyridine rings is 2. The first-order valence-corrected chi connectivity index (χ1v) is 10.2. The van der Waals surface area contributed by atoms with Crippen molar-refractivity contribution in [2.75, 3.05) is 41.3 Å². The van der Waals surface area contributed by atoms with E-state index in [0.717, 1.165) is 68.5 Å². The van der Waals surface area contributed by atoms with Crippen LogP contribution in [0.3, 0.4) is 0 Å². The van der Waals surface area contributed by atoms with Gasteiger partial charge in [-0.05, 0) is 43.5 Å². The van der Waals surface area contributed by atoms with Gasteiger partial charge in [0.15, 0.2) is 5.82 Å². The standard InChI is InChI=1S/C21H26N6O/c1-15-13-26(19-6-2-3-7-22-19)10-9-25(15)14-16-11-17-20(23-12-16)27-8-4-5-18(27)21(28)24-17/h2-3,6-7,11-12,15,18H,4-5,8-10,13-14H2,1H3,(H,24,28)/t15?,18-/m0/s1. The van der Waals surface area contributed by atoms with Gasteiger partial charge in [0.05, 0.1) is 5.69 Å². The molecule has 3 aliphatic heterocycles. The van der Waals surface area contributed by atoms with Gasteiger partial charge in [-0.2, -0.15) is 0 Å². The number of amides is 1. The van der Waals surface area contributed by atoms with Crippen molar-refractivity contribution in [2.45, 2.75) is 38.4 Å². The second-order valence-corrected chi connectivity index (χ2v) is 8.01. The topological polar surface area (TPSA) is 64.6 Å². The number of rotatable bonds is 3. The Kier molecular flexibility index (Phi) is 4.39. The lowest BCUT2D eigenvalue weighted by molar-refractivity contribution is -0.117. The lowest BCUT2D eigenvalue weighted by Crippen LogP contribution is -2.51. The predicted octanol–water partition coefficient (Wildman–Crippen LogP) is 2.11. The summed E-state index contributed by atoms with van der Waals surface area (Å²) in [5.74, 6) is 2.09. The Labute approximate surface area is 165 Å². The minimum atomic E-state index is -0.0365. The third-order valence-electron chi connectivity index (χ3n) is 6.13. The summed E-state index contributed by atoms with van der Waals surface area (Å²) in [5.41, 5.74) is 2.01. The Morgan fingerprint density at radius 2 is 2.14 bits per heavy atom. The van der Waals surface area contributed by atoms with E-state index < -0.39 is 0 Å². The molecule has 2 atom stereocenters. The molecule has 1 unspecified atom stereocenters. The quantitative estimate of drug-likeness (QED) is 0.883. The molecule has 1 amide bonds. The maximum absolute atomic E-state index is 12.4. The molecule has 3 aliphatic rings. The second kappa shape index (κ2) is 7.05. The van der Waals surface area contributed by atoms with Crippen LogP contribution in [0.5, 0.6) is 0 Å². The largest absolute Gasteiger partial charge is 0.354 e. The molecule has 2 aromatic rings. The van der Waals surface area contributed by atoms with E-state index in [1.807, 2.05) is 24.5 Å². The Morgan fingerprint density at radius 1 is 1.21 bits per heavy atom. The van der Waals surface area contributed by atoms with Crippen LogP contribution in [-0.4, -0.2) is 59.0 Å². The fourth-order valence-electron chi connectivity index (χ4n) is 4.63. The number of aromatic nitrogens is 2. The molecule has 5 heterocycles. The number of carbonyl (C=O) groups excluding carboxylic acids is 1. The van der Waals surface area contributed by atoms with Crippen molar-refractivity contribution in [2.24, 2.45) is 0 Å². The molecule has 28 heavy (non-hydrogen) atoms. The first kappa shape index (κ1) is 17.4. The molecule has 0 spiro atoms. The van der Waals surface area contributed by atoms with Gasteiger partial charge in [-0.1, -0.05) is 6.07 Å². The molecule has 0 aliphatic carbocycles. The Morgan fingerprint density at radius 3 is 2.96 bits per heavy atom. The number of hydrogen-bond acceptors (Lipinski definition) is 6. The van der Waals surface area contributed by atoms with Crippen LogP contribution < -0.4 is 15.1 Å². The lowest BCUT2D eigenvalue weighted by Gasteiger charge is -2.40. The predicted molar refractivity (Wildman–Crippen MR) is 110 cm³/mol. The van der Waals surface area contributed by atoms with Crippen LogP contribution in [0.4, 0.5) is 17.3 Å². The molecule has 7 heteroatoms. The smallest absolute Gasteiger partial charge is 0.247 e. The number of anilines is 3. The third-order valence-corrected chi connectivity index (χ3v) is 6.13. The van der Waals surface area contributed by atoms with E-state index >= 15 is 0 Å². The maximum atomic E-state index is 12.4. The van der Waals surface area contributed by atoms with Crippen LogP contribution in [-0.2, 0) is 11.3 Å². The maximum Gasteiger partial charge on any atom is 0.247 e. The summed E-state index contributed by atoms with van der Waals surface area (Å²) in [5, 5.41) is 3.07. The minimum absolute atomic E-state index is 0.0365. The first-order valence-electron chi connectivity index (χ1n) is 10.2. The third kappa shape index (κ3) is 3.09. The highest BCUT2D eigenvalue weighted by Gasteiger charge is 2.37. The Hall–Kier alpha value is -2.67. The monoisotopic (exact) mass is 378 g/mol. The van der Waals surface area contributed by atoms with E-state index in [9.17, 15) is 4.79 Å². The molecular formula is C21H26N6O. The number of nitrogens with zero attached hydrogens (tertiary/aromatic N) is 5. The summed E-state index contributed by atoms with van der Waals surface area (Å²) in [6.45, 7) is 6.93. The zero-order valence-electron chi connectivity index (χ0n) is 16.2. The molecule has 146 valence electrons. The zero-order chi connectivity index (χ0) is 19.1. The highest BCUT2D eigenvalue weighted by molar-refractivity contribution is 6.03. The van der Waals surface area contributed by atoms with Crippen molar-refractivity contribution < 1.29 is 4.79 Å². The fraction of sp³-hybridized carbons (Fsp3) is 0.476. The molecule has 0 aromatic carbocycles. The van der Waals surface area contributed by atoms with Crippen molar-refractivity contribution in [3.8, 4) is 0 Å². The SMILES string of the molecule is CC1CN(c2ccccn2)CCN1Cc1cnc2c(c1)NC(=O)[C@@H]1CCCN21. The normalized spacial score (nSPS) is 24.7. The van der Waals surface area contributed by atoms with E-state index in [1.54, 1.807) is 0 Å². The highest BCUT2D eigenvalue weighted by atomic mass is 16.2. The summed E-state index contributed by atoms with van der Waals surface area (Å²) in [4.78, 5) is 28.5. The molecule has 1 N–H and O–H groups in total. The summed E-state index contributed by atoms with van der Waals surface area (Å²) < 4.78 is 0. The zero-order valence-corrected chi connectivity index (χ0v) is 16.2. The van der Waals surface area contributed by atoms with Crippen LogP contribution >= 0.6 is 0 Å². The summed E-state index contributed by atoms with van der Waals surface area (Å²) in [7, 11) is 0. The molecule has 2 fully saturated rings. The van der Waals surface area contributed by atoms with Crippen LogP contribution in [0.25, 0.3) is 0 Å². The van der Waals surface area contributed by atoms with Gasteiger partial charge < -0.3 is 15.1 Å². The van der Waals surface area contributed by atoms with Gasteiger partial charge in [0.2, 0.25) is 5.91 Å². The average Bonchev–Trinajstić information content (AvgIpc) is 3.21. The van der Waals surface area contributed by atoms with Crippen molar-refractivity contribution in [1.29, 1.82) is 0 Å². The molecule has 5 rings (SSSR count). The van der Waals surface area contributed by atoms with E-state index in [0.29, 0.717) is 6.04 Å². The molecule has 2 aromatic heterocycles. The Balaban J connectivity index is 1.28. The molecule has 0 bridgehead atoms. The van der Waals surface area contributed by atoms with Gasteiger partial charge in [0.25, 0.3) is 0 Å². The lowest BCUT2D eigenvalue weighted by atomic mass is 10.1. The van der Waals surface area contributed by atoms with Crippen LogP contribution in [0, 0.1) is 0 Å².